The van der Waals surface area contributed by atoms with Gasteiger partial charge in [-0.3, -0.25) is 19.3 Å². The summed E-state index contributed by atoms with van der Waals surface area (Å²) in [5.74, 6) is 0.0350. The molecule has 0 aromatic carbocycles. The normalized spacial score (nSPS) is 49.2. The molecule has 0 saturated heterocycles. The van der Waals surface area contributed by atoms with E-state index in [4.69, 9.17) is 4.74 Å². The number of esters is 1. The summed E-state index contributed by atoms with van der Waals surface area (Å²) in [5, 5.41) is 10.1. The molecule has 6 nitrogen and oxygen atoms in total. The Morgan fingerprint density at radius 3 is 2.31 bits per heavy atom. The van der Waals surface area contributed by atoms with Crippen molar-refractivity contribution in [2.45, 2.75) is 105 Å². The molecule has 0 bridgehead atoms. The number of ether oxygens (including phenoxy) is 1. The number of carbonyl (C=O) groups excluding carboxylic acids is 2. The molecule has 0 amide bonds. The fourth-order valence-corrected chi connectivity index (χ4v) is 10.6. The van der Waals surface area contributed by atoms with Gasteiger partial charge in [0.25, 0.3) is 0 Å². The SMILES string of the molecule is C[C@@H]1C2CC[C@]3(C)[C@H](C(=O)C=C4[C@@H]5C[C@@](C)(C(=O)O)CC[C@]5(C)CC[C@]43C)[C@@]2(C)CC[C@@H]1OC(=O)CN(C)C. The van der Waals surface area contributed by atoms with Crippen molar-refractivity contribution in [3.05, 3.63) is 11.6 Å². The number of carbonyl (C=O) groups is 3. The molecule has 0 spiro atoms. The van der Waals surface area contributed by atoms with Gasteiger partial charge in [-0.1, -0.05) is 40.2 Å². The van der Waals surface area contributed by atoms with Crippen LogP contribution < -0.4 is 0 Å². The molecule has 0 heterocycles. The molecule has 5 aliphatic carbocycles. The maximum atomic E-state index is 14.4. The second kappa shape index (κ2) is 9.16. The van der Waals surface area contributed by atoms with Crippen LogP contribution >= 0.6 is 0 Å². The average Bonchev–Trinajstić information content (AvgIpc) is 2.83. The molecule has 0 aliphatic heterocycles. The van der Waals surface area contributed by atoms with Crippen molar-refractivity contribution < 1.29 is 24.2 Å². The topological polar surface area (TPSA) is 83.9 Å². The van der Waals surface area contributed by atoms with Crippen LogP contribution in [-0.4, -0.2) is 54.5 Å². The van der Waals surface area contributed by atoms with E-state index in [0.717, 1.165) is 44.9 Å². The smallest absolute Gasteiger partial charge is 0.320 e. The zero-order chi connectivity index (χ0) is 28.8. The maximum absolute atomic E-state index is 14.4. The molecule has 1 N–H and O–H groups in total. The molecule has 0 aromatic heterocycles. The van der Waals surface area contributed by atoms with Crippen molar-refractivity contribution in [1.29, 1.82) is 0 Å². The molecular formula is C33H51NO5. The van der Waals surface area contributed by atoms with Crippen LogP contribution in [0.1, 0.15) is 99.3 Å². The van der Waals surface area contributed by atoms with Crippen molar-refractivity contribution in [3.8, 4) is 0 Å². The number of likely N-dealkylation sites (N-methyl/N-ethyl adjacent to an activating group) is 1. The van der Waals surface area contributed by atoms with Crippen LogP contribution in [0.25, 0.3) is 0 Å². The van der Waals surface area contributed by atoms with E-state index in [1.807, 2.05) is 32.0 Å². The van der Waals surface area contributed by atoms with Gasteiger partial charge in [0, 0.05) is 5.92 Å². The predicted octanol–water partition coefficient (Wildman–Crippen LogP) is 6.14. The van der Waals surface area contributed by atoms with Gasteiger partial charge in [-0.15, -0.1) is 0 Å². The quantitative estimate of drug-likeness (QED) is 0.431. The Balaban J connectivity index is 1.49. The molecule has 4 saturated carbocycles. The first-order chi connectivity index (χ1) is 18.0. The highest BCUT2D eigenvalue weighted by molar-refractivity contribution is 5.95. The van der Waals surface area contributed by atoms with Gasteiger partial charge >= 0.3 is 11.9 Å². The molecule has 1 unspecified atom stereocenters. The summed E-state index contributed by atoms with van der Waals surface area (Å²) in [6, 6.07) is 0. The highest BCUT2D eigenvalue weighted by Crippen LogP contribution is 2.74. The minimum atomic E-state index is -0.731. The summed E-state index contributed by atoms with van der Waals surface area (Å²) in [6.07, 6.45) is 10.1. The van der Waals surface area contributed by atoms with E-state index >= 15 is 0 Å². The number of ketones is 1. The van der Waals surface area contributed by atoms with Gasteiger partial charge in [-0.25, -0.2) is 0 Å². The minimum Gasteiger partial charge on any atom is -0.481 e. The Hall–Kier alpha value is -1.69. The molecule has 218 valence electrons. The number of nitrogens with zero attached hydrogens (tertiary/aromatic N) is 1. The molecular weight excluding hydrogens is 490 g/mol. The van der Waals surface area contributed by atoms with Crippen LogP contribution in [0, 0.1) is 50.7 Å². The Morgan fingerprint density at radius 2 is 1.67 bits per heavy atom. The second-order valence-corrected chi connectivity index (χ2v) is 15.8. The number of hydrogen-bond donors (Lipinski definition) is 1. The van der Waals surface area contributed by atoms with Gasteiger partial charge in [0.05, 0.1) is 12.0 Å². The highest BCUT2D eigenvalue weighted by atomic mass is 16.5. The lowest BCUT2D eigenvalue weighted by Crippen LogP contribution is -2.65. The van der Waals surface area contributed by atoms with Crippen LogP contribution in [0.5, 0.6) is 0 Å². The van der Waals surface area contributed by atoms with Crippen LogP contribution in [0.2, 0.25) is 0 Å². The number of aliphatic carboxylic acids is 1. The average molecular weight is 542 g/mol. The maximum Gasteiger partial charge on any atom is 0.320 e. The van der Waals surface area contributed by atoms with Crippen LogP contribution in [-0.2, 0) is 19.1 Å². The van der Waals surface area contributed by atoms with E-state index in [0.29, 0.717) is 18.8 Å². The first-order valence-electron chi connectivity index (χ1n) is 15.3. The van der Waals surface area contributed by atoms with Crippen LogP contribution in [0.15, 0.2) is 11.6 Å². The van der Waals surface area contributed by atoms with E-state index in [1.54, 1.807) is 0 Å². The number of carboxylic acids is 1. The first-order valence-corrected chi connectivity index (χ1v) is 15.3. The number of rotatable bonds is 4. The summed E-state index contributed by atoms with van der Waals surface area (Å²) >= 11 is 0. The monoisotopic (exact) mass is 541 g/mol. The lowest BCUT2D eigenvalue weighted by atomic mass is 9.34. The third kappa shape index (κ3) is 4.08. The number of hydrogen-bond acceptors (Lipinski definition) is 5. The second-order valence-electron chi connectivity index (χ2n) is 15.8. The zero-order valence-electron chi connectivity index (χ0n) is 25.6. The van der Waals surface area contributed by atoms with Crippen molar-refractivity contribution in [2.75, 3.05) is 20.6 Å². The molecule has 0 radical (unpaired) electrons. The van der Waals surface area contributed by atoms with E-state index in [9.17, 15) is 19.5 Å². The molecule has 6 heteroatoms. The molecule has 5 aliphatic rings. The van der Waals surface area contributed by atoms with E-state index < -0.39 is 11.4 Å². The minimum absolute atomic E-state index is 0.0582. The lowest BCUT2D eigenvalue weighted by Gasteiger charge is -2.69. The number of allylic oxidation sites excluding steroid dienone is 2. The first kappa shape index (κ1) is 28.8. The van der Waals surface area contributed by atoms with Gasteiger partial charge in [0.1, 0.15) is 6.10 Å². The predicted molar refractivity (Wildman–Crippen MR) is 151 cm³/mol. The Labute approximate surface area is 235 Å². The lowest BCUT2D eigenvalue weighted by molar-refractivity contribution is -0.193. The van der Waals surface area contributed by atoms with Crippen molar-refractivity contribution in [2.24, 2.45) is 50.7 Å². The van der Waals surface area contributed by atoms with E-state index in [2.05, 4.69) is 34.6 Å². The van der Waals surface area contributed by atoms with E-state index in [1.165, 1.54) is 5.57 Å². The Morgan fingerprint density at radius 1 is 1.00 bits per heavy atom. The highest BCUT2D eigenvalue weighted by Gasteiger charge is 2.69. The summed E-state index contributed by atoms with van der Waals surface area (Å²) in [5.41, 5.74) is 0.181. The van der Waals surface area contributed by atoms with Gasteiger partial charge < -0.3 is 9.84 Å². The van der Waals surface area contributed by atoms with Gasteiger partial charge in [-0.05, 0) is 124 Å². The zero-order valence-corrected chi connectivity index (χ0v) is 25.6. The van der Waals surface area contributed by atoms with Crippen molar-refractivity contribution in [1.82, 2.24) is 4.90 Å². The van der Waals surface area contributed by atoms with Gasteiger partial charge in [0.15, 0.2) is 5.78 Å². The van der Waals surface area contributed by atoms with Crippen molar-refractivity contribution >= 4 is 17.7 Å². The fraction of sp³-hybridized carbons (Fsp3) is 0.848. The summed E-state index contributed by atoms with van der Waals surface area (Å²) < 4.78 is 5.99. The van der Waals surface area contributed by atoms with Crippen molar-refractivity contribution in [3.63, 3.8) is 0 Å². The Kier molecular flexibility index (Phi) is 6.77. The van der Waals surface area contributed by atoms with Gasteiger partial charge in [0.2, 0.25) is 0 Å². The third-order valence-corrected chi connectivity index (χ3v) is 13.3. The summed E-state index contributed by atoms with van der Waals surface area (Å²) in [6.45, 7) is 13.9. The van der Waals surface area contributed by atoms with Gasteiger partial charge in [-0.2, -0.15) is 0 Å². The largest absolute Gasteiger partial charge is 0.481 e. The Bertz CT molecular complexity index is 1100. The summed E-state index contributed by atoms with van der Waals surface area (Å²) in [4.78, 5) is 41.0. The standard InChI is InChI=1S/C33H51NO5/c1-20-21-9-12-33(6)27(31(21,4)11-10-25(20)39-26(36)19-34(7)8)24(35)17-22-23-18-30(3,28(37)38)14-13-29(23,2)15-16-32(22,33)5/h17,20-21,23,25,27H,9-16,18-19H2,1-8H3,(H,37,38)/t20-,21?,23+,25+,27-,29-,30+,31+,32-,33-/m1/s1. The molecule has 0 aromatic rings. The van der Waals surface area contributed by atoms with Crippen LogP contribution in [0.3, 0.4) is 0 Å². The molecule has 4 fully saturated rings. The molecule has 10 atom stereocenters. The third-order valence-electron chi connectivity index (χ3n) is 13.3. The van der Waals surface area contributed by atoms with E-state index in [-0.39, 0.29) is 63.8 Å². The molecule has 39 heavy (non-hydrogen) atoms. The summed E-state index contributed by atoms with van der Waals surface area (Å²) in [7, 11) is 3.76. The van der Waals surface area contributed by atoms with Crippen LogP contribution in [0.4, 0.5) is 0 Å². The number of fused-ring (bicyclic) bond motifs is 7. The molecule has 5 rings (SSSR count). The number of carboxylic acid groups (broad SMARTS) is 1. The fourth-order valence-electron chi connectivity index (χ4n) is 10.6.